The van der Waals surface area contributed by atoms with Crippen LogP contribution in [0.3, 0.4) is 0 Å². The number of benzene rings is 3. The van der Waals surface area contributed by atoms with Gasteiger partial charge in [-0.15, -0.1) is 0 Å². The Kier molecular flexibility index (Phi) is 7.05. The zero-order chi connectivity index (χ0) is 23.2. The number of carbonyl (C=O) groups excluding carboxylic acids is 1. The number of likely N-dealkylation sites (N-methyl/N-ethyl adjacent to an activating group) is 1. The quantitative estimate of drug-likeness (QED) is 0.418. The van der Waals surface area contributed by atoms with E-state index in [2.05, 4.69) is 39.0 Å². The molecule has 0 aliphatic carbocycles. The molecule has 1 amide bonds. The zero-order valence-corrected chi connectivity index (χ0v) is 19.4. The second-order valence-electron chi connectivity index (χ2n) is 8.25. The van der Waals surface area contributed by atoms with E-state index < -0.39 is 0 Å². The first-order valence-electron chi connectivity index (χ1n) is 11.2. The summed E-state index contributed by atoms with van der Waals surface area (Å²) in [5.74, 6) is 1.71. The molecule has 0 saturated carbocycles. The van der Waals surface area contributed by atoms with Gasteiger partial charge in [0, 0.05) is 25.1 Å². The van der Waals surface area contributed by atoms with Crippen LogP contribution in [0.1, 0.15) is 23.9 Å². The van der Waals surface area contributed by atoms with Gasteiger partial charge in [0.25, 0.3) is 0 Å². The van der Waals surface area contributed by atoms with Gasteiger partial charge in [-0.05, 0) is 56.1 Å². The molecule has 1 aromatic heterocycles. The smallest absolute Gasteiger partial charge is 0.220 e. The minimum Gasteiger partial charge on any atom is -0.497 e. The van der Waals surface area contributed by atoms with Crippen LogP contribution in [0.4, 0.5) is 0 Å². The van der Waals surface area contributed by atoms with E-state index in [1.807, 2.05) is 68.7 Å². The number of hydrogen-bond acceptors (Lipinski definition) is 4. The number of methoxy groups -OCH3 is 1. The van der Waals surface area contributed by atoms with Crippen molar-refractivity contribution < 1.29 is 9.53 Å². The number of aryl methyl sites for hydroxylation is 1. The average Bonchev–Trinajstić information content (AvgIpc) is 3.22. The molecule has 33 heavy (non-hydrogen) atoms. The summed E-state index contributed by atoms with van der Waals surface area (Å²) in [6.45, 7) is 0.522. The maximum atomic E-state index is 12.8. The second kappa shape index (κ2) is 10.3. The highest BCUT2D eigenvalue weighted by Gasteiger charge is 2.17. The Labute approximate surface area is 194 Å². The average molecular weight is 443 g/mol. The lowest BCUT2D eigenvalue weighted by Gasteiger charge is -2.25. The number of para-hydroxylation sites is 3. The number of nitrogens with one attached hydrogen (secondary N) is 1. The van der Waals surface area contributed by atoms with Crippen molar-refractivity contribution in [3.63, 3.8) is 0 Å². The number of fused-ring (bicyclic) bond motifs is 1. The third-order valence-corrected chi connectivity index (χ3v) is 5.81. The lowest BCUT2D eigenvalue weighted by molar-refractivity contribution is -0.121. The lowest BCUT2D eigenvalue weighted by Crippen LogP contribution is -2.34. The van der Waals surface area contributed by atoms with E-state index in [1.54, 1.807) is 7.11 Å². The van der Waals surface area contributed by atoms with E-state index in [0.29, 0.717) is 19.4 Å². The summed E-state index contributed by atoms with van der Waals surface area (Å²) in [6.07, 6.45) is 0.926. The fourth-order valence-electron chi connectivity index (χ4n) is 4.08. The number of imidazole rings is 1. The van der Waals surface area contributed by atoms with Crippen molar-refractivity contribution in [2.45, 2.75) is 18.9 Å². The Balaban J connectivity index is 1.46. The lowest BCUT2D eigenvalue weighted by atomic mass is 10.1. The van der Waals surface area contributed by atoms with Gasteiger partial charge in [0.05, 0.1) is 24.2 Å². The van der Waals surface area contributed by atoms with Crippen LogP contribution in [0, 0.1) is 0 Å². The van der Waals surface area contributed by atoms with Gasteiger partial charge >= 0.3 is 0 Å². The predicted molar refractivity (Wildman–Crippen MR) is 132 cm³/mol. The molecule has 0 bridgehead atoms. The van der Waals surface area contributed by atoms with E-state index >= 15 is 0 Å². The highest BCUT2D eigenvalue weighted by Crippen LogP contribution is 2.23. The van der Waals surface area contributed by atoms with Crippen molar-refractivity contribution in [1.82, 2.24) is 19.8 Å². The highest BCUT2D eigenvalue weighted by atomic mass is 16.5. The molecule has 0 aliphatic heterocycles. The number of aromatic nitrogens is 2. The Morgan fingerprint density at radius 1 is 1.03 bits per heavy atom. The zero-order valence-electron chi connectivity index (χ0n) is 19.4. The molecule has 0 fully saturated rings. The standard InChI is InChI=1S/C27H30N4O2/c1-30(2)25(20-10-9-13-22(18-20)33-3)19-28-27(32)17-16-26-29-23-14-7-8-15-24(23)31(26)21-11-5-4-6-12-21/h4-15,18,25H,16-17,19H2,1-3H3,(H,28,32). The fraction of sp³-hybridized carbons (Fsp3) is 0.259. The van der Waals surface area contributed by atoms with E-state index in [0.717, 1.165) is 33.9 Å². The van der Waals surface area contributed by atoms with Gasteiger partial charge in [-0.3, -0.25) is 9.36 Å². The molecule has 4 aromatic rings. The Hall–Kier alpha value is -3.64. The molecule has 4 rings (SSSR count). The summed E-state index contributed by atoms with van der Waals surface area (Å²) < 4.78 is 7.50. The van der Waals surface area contributed by atoms with Crippen molar-refractivity contribution >= 4 is 16.9 Å². The molecule has 0 radical (unpaired) electrons. The van der Waals surface area contributed by atoms with Crippen LogP contribution in [0.2, 0.25) is 0 Å². The van der Waals surface area contributed by atoms with Crippen LogP contribution in [0.15, 0.2) is 78.9 Å². The van der Waals surface area contributed by atoms with E-state index in [9.17, 15) is 4.79 Å². The molecule has 170 valence electrons. The number of carbonyl (C=O) groups is 1. The minimum absolute atomic E-state index is 0.0106. The van der Waals surface area contributed by atoms with Crippen molar-refractivity contribution in [2.24, 2.45) is 0 Å². The first-order valence-corrected chi connectivity index (χ1v) is 11.2. The van der Waals surface area contributed by atoms with E-state index in [1.165, 1.54) is 0 Å². The maximum absolute atomic E-state index is 12.8. The van der Waals surface area contributed by atoms with Crippen molar-refractivity contribution in [3.8, 4) is 11.4 Å². The van der Waals surface area contributed by atoms with Crippen LogP contribution < -0.4 is 10.1 Å². The first-order chi connectivity index (χ1) is 16.1. The van der Waals surface area contributed by atoms with Crippen LogP contribution in [0.25, 0.3) is 16.7 Å². The SMILES string of the molecule is COc1cccc(C(CNC(=O)CCc2nc3ccccc3n2-c2ccccc2)N(C)C)c1. The molecule has 0 aliphatic rings. The van der Waals surface area contributed by atoms with Crippen LogP contribution in [-0.4, -0.2) is 48.1 Å². The van der Waals surface area contributed by atoms with Gasteiger partial charge in [0.15, 0.2) is 0 Å². The number of ether oxygens (including phenoxy) is 1. The minimum atomic E-state index is 0.0106. The largest absolute Gasteiger partial charge is 0.497 e. The number of amides is 1. The van der Waals surface area contributed by atoms with Crippen molar-refractivity contribution in [3.05, 3.63) is 90.3 Å². The molecule has 1 heterocycles. The summed E-state index contributed by atoms with van der Waals surface area (Å²) in [4.78, 5) is 19.7. The molecular weight excluding hydrogens is 412 g/mol. The molecule has 6 nitrogen and oxygen atoms in total. The summed E-state index contributed by atoms with van der Waals surface area (Å²) in [6, 6.07) is 26.2. The molecule has 1 atom stereocenters. The fourth-order valence-corrected chi connectivity index (χ4v) is 4.08. The molecular formula is C27H30N4O2. The molecule has 0 spiro atoms. The van der Waals surface area contributed by atoms with E-state index in [-0.39, 0.29) is 11.9 Å². The molecule has 1 N–H and O–H groups in total. The van der Waals surface area contributed by atoms with Gasteiger partial charge in [-0.2, -0.15) is 0 Å². The summed E-state index contributed by atoms with van der Waals surface area (Å²) in [7, 11) is 5.69. The third kappa shape index (κ3) is 5.23. The number of hydrogen-bond donors (Lipinski definition) is 1. The first kappa shape index (κ1) is 22.6. The highest BCUT2D eigenvalue weighted by molar-refractivity contribution is 5.79. The summed E-state index contributed by atoms with van der Waals surface area (Å²) in [5.41, 5.74) is 4.13. The molecule has 1 unspecified atom stereocenters. The molecule has 6 heteroatoms. The van der Waals surface area contributed by atoms with E-state index in [4.69, 9.17) is 9.72 Å². The number of nitrogens with zero attached hydrogens (tertiary/aromatic N) is 3. The maximum Gasteiger partial charge on any atom is 0.220 e. The monoisotopic (exact) mass is 442 g/mol. The third-order valence-electron chi connectivity index (χ3n) is 5.81. The van der Waals surface area contributed by atoms with Crippen LogP contribution >= 0.6 is 0 Å². The van der Waals surface area contributed by atoms with Gasteiger partial charge in [0.1, 0.15) is 11.6 Å². The second-order valence-corrected chi connectivity index (χ2v) is 8.25. The Morgan fingerprint density at radius 3 is 2.55 bits per heavy atom. The van der Waals surface area contributed by atoms with Gasteiger partial charge in [0.2, 0.25) is 5.91 Å². The Morgan fingerprint density at radius 2 is 1.79 bits per heavy atom. The van der Waals surface area contributed by atoms with Gasteiger partial charge < -0.3 is 15.0 Å². The topological polar surface area (TPSA) is 59.4 Å². The summed E-state index contributed by atoms with van der Waals surface area (Å²) in [5, 5.41) is 3.10. The van der Waals surface area contributed by atoms with Crippen molar-refractivity contribution in [2.75, 3.05) is 27.7 Å². The van der Waals surface area contributed by atoms with Gasteiger partial charge in [-0.1, -0.05) is 42.5 Å². The summed E-state index contributed by atoms with van der Waals surface area (Å²) >= 11 is 0. The van der Waals surface area contributed by atoms with Crippen LogP contribution in [-0.2, 0) is 11.2 Å². The normalized spacial score (nSPS) is 12.1. The predicted octanol–water partition coefficient (Wildman–Crippen LogP) is 4.39. The number of rotatable bonds is 9. The van der Waals surface area contributed by atoms with Crippen molar-refractivity contribution in [1.29, 1.82) is 0 Å². The van der Waals surface area contributed by atoms with Crippen LogP contribution in [0.5, 0.6) is 5.75 Å². The molecule has 0 saturated heterocycles. The Bertz CT molecular complexity index is 1220. The molecule has 3 aromatic carbocycles. The van der Waals surface area contributed by atoms with Gasteiger partial charge in [-0.25, -0.2) is 4.98 Å².